The van der Waals surface area contributed by atoms with Crippen molar-refractivity contribution in [2.45, 2.75) is 37.2 Å². The molecule has 17 heavy (non-hydrogen) atoms. The van der Waals surface area contributed by atoms with Gasteiger partial charge in [0.25, 0.3) is 0 Å². The van der Waals surface area contributed by atoms with E-state index in [1.807, 2.05) is 4.68 Å². The lowest BCUT2D eigenvalue weighted by Crippen LogP contribution is -2.05. The van der Waals surface area contributed by atoms with Crippen molar-refractivity contribution in [1.82, 2.24) is 35.4 Å². The Morgan fingerprint density at radius 1 is 1.47 bits per heavy atom. The molecule has 0 aromatic carbocycles. The number of nitrogens with zero attached hydrogens (tertiary/aromatic N) is 6. The van der Waals surface area contributed by atoms with Crippen LogP contribution in [0.4, 0.5) is 5.95 Å². The molecular weight excluding hydrogens is 240 g/mol. The van der Waals surface area contributed by atoms with Gasteiger partial charge in [-0.05, 0) is 16.8 Å². The van der Waals surface area contributed by atoms with E-state index >= 15 is 0 Å². The van der Waals surface area contributed by atoms with E-state index in [9.17, 15) is 0 Å². The Kier molecular flexibility index (Phi) is 3.91. The van der Waals surface area contributed by atoms with Crippen LogP contribution in [0.15, 0.2) is 5.16 Å². The number of aryl methyl sites for hydroxylation is 1. The SMILES string of the molecule is CCCCn1nnnc1CSc1n[nH]c(N)n1. The van der Waals surface area contributed by atoms with Gasteiger partial charge >= 0.3 is 0 Å². The highest BCUT2D eigenvalue weighted by Crippen LogP contribution is 2.17. The second-order valence-electron chi connectivity index (χ2n) is 3.46. The van der Waals surface area contributed by atoms with Crippen molar-refractivity contribution in [2.24, 2.45) is 0 Å². The van der Waals surface area contributed by atoms with E-state index in [1.165, 1.54) is 11.8 Å². The van der Waals surface area contributed by atoms with Gasteiger partial charge in [-0.1, -0.05) is 25.1 Å². The second-order valence-corrected chi connectivity index (χ2v) is 4.41. The molecule has 0 aliphatic heterocycles. The highest BCUT2D eigenvalue weighted by Gasteiger charge is 2.08. The number of aromatic amines is 1. The summed E-state index contributed by atoms with van der Waals surface area (Å²) in [6.45, 7) is 2.98. The molecule has 0 saturated heterocycles. The van der Waals surface area contributed by atoms with Gasteiger partial charge in [0.05, 0.1) is 5.75 Å². The summed E-state index contributed by atoms with van der Waals surface area (Å²) >= 11 is 1.45. The molecule has 0 spiro atoms. The first-order chi connectivity index (χ1) is 8.29. The summed E-state index contributed by atoms with van der Waals surface area (Å²) in [5, 5.41) is 18.7. The highest BCUT2D eigenvalue weighted by atomic mass is 32.2. The number of tetrazole rings is 1. The maximum Gasteiger partial charge on any atom is 0.216 e. The van der Waals surface area contributed by atoms with E-state index < -0.39 is 0 Å². The Hall–Kier alpha value is -1.64. The summed E-state index contributed by atoms with van der Waals surface area (Å²) < 4.78 is 1.81. The summed E-state index contributed by atoms with van der Waals surface area (Å²) in [4.78, 5) is 4.00. The Balaban J connectivity index is 1.92. The predicted molar refractivity (Wildman–Crippen MR) is 63.1 cm³/mol. The molecule has 8 nitrogen and oxygen atoms in total. The average molecular weight is 254 g/mol. The Labute approximate surface area is 102 Å². The molecule has 0 saturated carbocycles. The third-order valence-electron chi connectivity index (χ3n) is 2.14. The lowest BCUT2D eigenvalue weighted by Gasteiger charge is -2.01. The van der Waals surface area contributed by atoms with Crippen LogP contribution in [-0.2, 0) is 12.3 Å². The van der Waals surface area contributed by atoms with Crippen molar-refractivity contribution in [3.8, 4) is 0 Å². The van der Waals surface area contributed by atoms with E-state index in [1.54, 1.807) is 0 Å². The largest absolute Gasteiger partial charge is 0.368 e. The quantitative estimate of drug-likeness (QED) is 0.720. The zero-order valence-electron chi connectivity index (χ0n) is 9.50. The molecule has 2 heterocycles. The number of H-pyrrole nitrogens is 1. The number of hydrogen-bond acceptors (Lipinski definition) is 7. The van der Waals surface area contributed by atoms with Gasteiger partial charge in [0, 0.05) is 6.54 Å². The molecule has 2 rings (SSSR count). The number of hydrogen-bond donors (Lipinski definition) is 2. The topological polar surface area (TPSA) is 111 Å². The molecule has 0 aliphatic rings. The van der Waals surface area contributed by atoms with Crippen LogP contribution in [0.2, 0.25) is 0 Å². The van der Waals surface area contributed by atoms with Crippen LogP contribution in [0.3, 0.4) is 0 Å². The smallest absolute Gasteiger partial charge is 0.216 e. The zero-order chi connectivity index (χ0) is 12.1. The number of nitrogens with one attached hydrogen (secondary N) is 1. The van der Waals surface area contributed by atoms with Gasteiger partial charge in [0.1, 0.15) is 0 Å². The van der Waals surface area contributed by atoms with Crippen LogP contribution in [0.25, 0.3) is 0 Å². The third-order valence-corrected chi connectivity index (χ3v) is 2.99. The van der Waals surface area contributed by atoms with Gasteiger partial charge in [-0.2, -0.15) is 4.98 Å². The fraction of sp³-hybridized carbons (Fsp3) is 0.625. The van der Waals surface area contributed by atoms with Gasteiger partial charge in [0.15, 0.2) is 5.82 Å². The van der Waals surface area contributed by atoms with Crippen molar-refractivity contribution >= 4 is 17.7 Å². The lowest BCUT2D eigenvalue weighted by molar-refractivity contribution is 0.540. The average Bonchev–Trinajstić information content (AvgIpc) is 2.92. The minimum absolute atomic E-state index is 0.318. The van der Waals surface area contributed by atoms with E-state index in [-0.39, 0.29) is 0 Å². The van der Waals surface area contributed by atoms with Crippen molar-refractivity contribution in [3.63, 3.8) is 0 Å². The Bertz CT molecular complexity index is 464. The minimum Gasteiger partial charge on any atom is -0.368 e. The van der Waals surface area contributed by atoms with E-state index in [2.05, 4.69) is 37.6 Å². The number of rotatable bonds is 6. The molecule has 3 N–H and O–H groups in total. The van der Waals surface area contributed by atoms with Crippen molar-refractivity contribution < 1.29 is 0 Å². The van der Waals surface area contributed by atoms with Gasteiger partial charge in [-0.25, -0.2) is 9.78 Å². The molecule has 0 radical (unpaired) electrons. The summed E-state index contributed by atoms with van der Waals surface area (Å²) in [7, 11) is 0. The monoisotopic (exact) mass is 254 g/mol. The Morgan fingerprint density at radius 3 is 3.06 bits per heavy atom. The van der Waals surface area contributed by atoms with E-state index in [0.717, 1.165) is 25.2 Å². The maximum atomic E-state index is 5.44. The molecular formula is C8H14N8S. The standard InChI is InChI=1S/C8H14N8S/c1-2-3-4-16-6(11-14-15-16)5-17-8-10-7(9)12-13-8/h2-5H2,1H3,(H3,9,10,12,13). The van der Waals surface area contributed by atoms with Crippen LogP contribution in [-0.4, -0.2) is 35.4 Å². The van der Waals surface area contributed by atoms with Gasteiger partial charge in [-0.15, -0.1) is 10.2 Å². The van der Waals surface area contributed by atoms with Crippen LogP contribution in [0.5, 0.6) is 0 Å². The molecule has 92 valence electrons. The first kappa shape index (κ1) is 11.8. The van der Waals surface area contributed by atoms with Gasteiger partial charge in [0.2, 0.25) is 11.1 Å². The molecule has 0 aliphatic carbocycles. The Morgan fingerprint density at radius 2 is 2.35 bits per heavy atom. The zero-order valence-corrected chi connectivity index (χ0v) is 10.3. The summed E-state index contributed by atoms with van der Waals surface area (Å²) in [5.41, 5.74) is 5.44. The maximum absolute atomic E-state index is 5.44. The number of aromatic nitrogens is 7. The fourth-order valence-electron chi connectivity index (χ4n) is 1.26. The molecule has 0 fully saturated rings. The first-order valence-corrected chi connectivity index (χ1v) is 6.34. The first-order valence-electron chi connectivity index (χ1n) is 5.35. The molecule has 2 aromatic rings. The van der Waals surface area contributed by atoms with Crippen LogP contribution >= 0.6 is 11.8 Å². The molecule has 0 unspecified atom stereocenters. The normalized spacial score (nSPS) is 10.9. The highest BCUT2D eigenvalue weighted by molar-refractivity contribution is 7.98. The number of nitrogens with two attached hydrogens (primary N) is 1. The van der Waals surface area contributed by atoms with Crippen LogP contribution in [0.1, 0.15) is 25.6 Å². The lowest BCUT2D eigenvalue weighted by atomic mass is 10.3. The van der Waals surface area contributed by atoms with Gasteiger partial charge in [-0.3, -0.25) is 0 Å². The second kappa shape index (κ2) is 5.62. The summed E-state index contributed by atoms with van der Waals surface area (Å²) in [5.74, 6) is 1.78. The molecule has 0 amide bonds. The molecule has 0 atom stereocenters. The van der Waals surface area contributed by atoms with Gasteiger partial charge < -0.3 is 5.73 Å². The number of thioether (sulfide) groups is 1. The molecule has 9 heteroatoms. The third kappa shape index (κ3) is 3.16. The molecule has 2 aromatic heterocycles. The summed E-state index contributed by atoms with van der Waals surface area (Å²) in [6.07, 6.45) is 2.18. The predicted octanol–water partition coefficient (Wildman–Crippen LogP) is 0.466. The van der Waals surface area contributed by atoms with E-state index in [0.29, 0.717) is 16.9 Å². The summed E-state index contributed by atoms with van der Waals surface area (Å²) in [6, 6.07) is 0. The van der Waals surface area contributed by atoms with Crippen molar-refractivity contribution in [3.05, 3.63) is 5.82 Å². The van der Waals surface area contributed by atoms with Crippen LogP contribution in [0, 0.1) is 0 Å². The van der Waals surface area contributed by atoms with Crippen molar-refractivity contribution in [1.29, 1.82) is 0 Å². The number of anilines is 1. The number of nitrogen functional groups attached to an aromatic ring is 1. The molecule has 0 bridgehead atoms. The van der Waals surface area contributed by atoms with E-state index in [4.69, 9.17) is 5.73 Å². The number of unbranched alkanes of at least 4 members (excludes halogenated alkanes) is 1. The minimum atomic E-state index is 0.318. The fourth-order valence-corrected chi connectivity index (χ4v) is 2.00. The van der Waals surface area contributed by atoms with Crippen molar-refractivity contribution in [2.75, 3.05) is 5.73 Å². The van der Waals surface area contributed by atoms with Crippen LogP contribution < -0.4 is 5.73 Å².